The zero-order valence-corrected chi connectivity index (χ0v) is 9.81. The Kier molecular flexibility index (Phi) is 4.38. The second kappa shape index (κ2) is 5.10. The summed E-state index contributed by atoms with van der Waals surface area (Å²) in [5.74, 6) is 0.304. The van der Waals surface area contributed by atoms with Gasteiger partial charge in [-0.2, -0.15) is 0 Å². The third-order valence-electron chi connectivity index (χ3n) is 1.92. The minimum absolute atomic E-state index is 0.156. The number of halogens is 1. The smallest absolute Gasteiger partial charge is 0.0776 e. The van der Waals surface area contributed by atoms with Crippen LogP contribution < -0.4 is 0 Å². The maximum atomic E-state index is 9.24. The van der Waals surface area contributed by atoms with E-state index in [4.69, 9.17) is 5.11 Å². The van der Waals surface area contributed by atoms with Crippen LogP contribution in [0.5, 0.6) is 0 Å². The Balaban J connectivity index is 2.53. The molecule has 0 fully saturated rings. The van der Waals surface area contributed by atoms with Gasteiger partial charge in [0.05, 0.1) is 16.5 Å². The molecule has 0 aliphatic rings. The lowest BCUT2D eigenvalue weighted by atomic mass is 10.0. The van der Waals surface area contributed by atoms with E-state index >= 15 is 0 Å². The molecule has 1 heterocycles. The molecular weight excluding hydrogens is 252 g/mol. The first kappa shape index (κ1) is 11.2. The van der Waals surface area contributed by atoms with Crippen molar-refractivity contribution in [1.82, 2.24) is 0 Å². The Morgan fingerprint density at radius 2 is 2.23 bits per heavy atom. The van der Waals surface area contributed by atoms with Crippen molar-refractivity contribution in [3.63, 3.8) is 0 Å². The average molecular weight is 265 g/mol. The van der Waals surface area contributed by atoms with Crippen molar-refractivity contribution in [3.05, 3.63) is 20.8 Å². The summed E-state index contributed by atoms with van der Waals surface area (Å²) in [5, 5.41) is 17.9. The average Bonchev–Trinajstić information content (AvgIpc) is 2.51. The summed E-state index contributed by atoms with van der Waals surface area (Å²) >= 11 is 5.06. The highest BCUT2D eigenvalue weighted by Gasteiger charge is 2.12. The van der Waals surface area contributed by atoms with Gasteiger partial charge in [0.2, 0.25) is 0 Å². The summed E-state index contributed by atoms with van der Waals surface area (Å²) in [7, 11) is 0. The van der Waals surface area contributed by atoms with Gasteiger partial charge >= 0.3 is 0 Å². The fourth-order valence-corrected chi connectivity index (χ4v) is 2.68. The van der Waals surface area contributed by atoms with E-state index < -0.39 is 6.10 Å². The minimum Gasteiger partial charge on any atom is -0.394 e. The van der Waals surface area contributed by atoms with Crippen molar-refractivity contribution in [3.8, 4) is 0 Å². The van der Waals surface area contributed by atoms with Crippen LogP contribution in [-0.2, 0) is 0 Å². The molecule has 1 aromatic heterocycles. The van der Waals surface area contributed by atoms with Crippen LogP contribution in [0.3, 0.4) is 0 Å². The SMILES string of the molecule is CC(CC(O)CO)c1ccc(Br)s1. The molecule has 0 radical (unpaired) electrons. The van der Waals surface area contributed by atoms with Gasteiger partial charge in [0, 0.05) is 4.88 Å². The van der Waals surface area contributed by atoms with Crippen molar-refractivity contribution in [2.75, 3.05) is 6.61 Å². The lowest BCUT2D eigenvalue weighted by Crippen LogP contribution is -2.14. The molecule has 1 rings (SSSR count). The van der Waals surface area contributed by atoms with Crippen LogP contribution in [0.2, 0.25) is 0 Å². The Morgan fingerprint density at radius 1 is 1.54 bits per heavy atom. The second-order valence-corrected chi connectivity index (χ2v) is 5.61. The fourth-order valence-electron chi connectivity index (χ4n) is 1.19. The lowest BCUT2D eigenvalue weighted by Gasteiger charge is -2.12. The van der Waals surface area contributed by atoms with Crippen LogP contribution in [0.1, 0.15) is 24.1 Å². The van der Waals surface area contributed by atoms with E-state index in [1.54, 1.807) is 11.3 Å². The van der Waals surface area contributed by atoms with E-state index in [-0.39, 0.29) is 6.61 Å². The number of aliphatic hydroxyl groups is 2. The molecule has 74 valence electrons. The molecule has 1 aromatic rings. The summed E-state index contributed by atoms with van der Waals surface area (Å²) in [5.41, 5.74) is 0. The van der Waals surface area contributed by atoms with E-state index in [2.05, 4.69) is 22.9 Å². The molecule has 0 aliphatic heterocycles. The third kappa shape index (κ3) is 3.38. The van der Waals surface area contributed by atoms with Gasteiger partial charge in [-0.3, -0.25) is 0 Å². The molecule has 4 heteroatoms. The fraction of sp³-hybridized carbons (Fsp3) is 0.556. The van der Waals surface area contributed by atoms with Gasteiger partial charge < -0.3 is 10.2 Å². The molecule has 0 bridgehead atoms. The summed E-state index contributed by atoms with van der Waals surface area (Å²) in [6.45, 7) is 1.90. The maximum absolute atomic E-state index is 9.24. The summed E-state index contributed by atoms with van der Waals surface area (Å²) in [4.78, 5) is 1.24. The largest absolute Gasteiger partial charge is 0.394 e. The molecule has 0 saturated heterocycles. The quantitative estimate of drug-likeness (QED) is 0.877. The number of thiophene rings is 1. The first-order valence-corrected chi connectivity index (χ1v) is 5.78. The van der Waals surface area contributed by atoms with E-state index in [1.807, 2.05) is 12.1 Å². The number of hydrogen-bond donors (Lipinski definition) is 2. The van der Waals surface area contributed by atoms with Crippen LogP contribution in [0, 0.1) is 0 Å². The number of aliphatic hydroxyl groups excluding tert-OH is 2. The Morgan fingerprint density at radius 3 is 2.69 bits per heavy atom. The summed E-state index contributed by atoms with van der Waals surface area (Å²) < 4.78 is 1.10. The van der Waals surface area contributed by atoms with E-state index in [9.17, 15) is 5.11 Å². The summed E-state index contributed by atoms with van der Waals surface area (Å²) in [6, 6.07) is 4.05. The van der Waals surface area contributed by atoms with Gasteiger partial charge in [-0.25, -0.2) is 0 Å². The predicted molar refractivity (Wildman–Crippen MR) is 58.1 cm³/mol. The Hall–Kier alpha value is 0.1000. The van der Waals surface area contributed by atoms with E-state index in [1.165, 1.54) is 4.88 Å². The minimum atomic E-state index is -0.601. The van der Waals surface area contributed by atoms with Gasteiger partial charge in [0.1, 0.15) is 0 Å². The van der Waals surface area contributed by atoms with Gasteiger partial charge in [-0.1, -0.05) is 6.92 Å². The normalized spacial score (nSPS) is 15.7. The van der Waals surface area contributed by atoms with Crippen LogP contribution in [0.15, 0.2) is 15.9 Å². The first-order valence-electron chi connectivity index (χ1n) is 4.17. The van der Waals surface area contributed by atoms with Gasteiger partial charge in [-0.05, 0) is 40.4 Å². The van der Waals surface area contributed by atoms with Crippen molar-refractivity contribution in [2.45, 2.75) is 25.4 Å². The molecule has 2 unspecified atom stereocenters. The Bertz CT molecular complexity index is 262. The summed E-state index contributed by atoms with van der Waals surface area (Å²) in [6.07, 6.45) is 0.0135. The molecule has 2 N–H and O–H groups in total. The number of hydrogen-bond acceptors (Lipinski definition) is 3. The van der Waals surface area contributed by atoms with Gasteiger partial charge in [0.15, 0.2) is 0 Å². The highest BCUT2D eigenvalue weighted by atomic mass is 79.9. The van der Waals surface area contributed by atoms with E-state index in [0.29, 0.717) is 12.3 Å². The topological polar surface area (TPSA) is 40.5 Å². The van der Waals surface area contributed by atoms with E-state index in [0.717, 1.165) is 3.79 Å². The monoisotopic (exact) mass is 264 g/mol. The molecule has 0 amide bonds. The molecule has 13 heavy (non-hydrogen) atoms. The van der Waals surface area contributed by atoms with Crippen molar-refractivity contribution >= 4 is 27.3 Å². The molecule has 0 saturated carbocycles. The van der Waals surface area contributed by atoms with Crippen LogP contribution in [-0.4, -0.2) is 22.9 Å². The first-order chi connectivity index (χ1) is 6.13. The molecule has 0 aromatic carbocycles. The number of rotatable bonds is 4. The predicted octanol–water partition coefficient (Wildman–Crippen LogP) is 2.36. The zero-order chi connectivity index (χ0) is 9.84. The second-order valence-electron chi connectivity index (χ2n) is 3.12. The molecule has 0 aliphatic carbocycles. The van der Waals surface area contributed by atoms with Gasteiger partial charge in [-0.15, -0.1) is 11.3 Å². The molecule has 0 spiro atoms. The Labute approximate surface area is 90.4 Å². The molecule has 2 atom stereocenters. The van der Waals surface area contributed by atoms with Crippen LogP contribution in [0.25, 0.3) is 0 Å². The zero-order valence-electron chi connectivity index (χ0n) is 7.40. The van der Waals surface area contributed by atoms with Gasteiger partial charge in [0.25, 0.3) is 0 Å². The van der Waals surface area contributed by atoms with Crippen molar-refractivity contribution in [2.24, 2.45) is 0 Å². The van der Waals surface area contributed by atoms with Crippen LogP contribution >= 0.6 is 27.3 Å². The highest BCUT2D eigenvalue weighted by molar-refractivity contribution is 9.11. The molecular formula is C9H13BrO2S. The maximum Gasteiger partial charge on any atom is 0.0776 e. The standard InChI is InChI=1S/C9H13BrO2S/c1-6(4-7(12)5-11)8-2-3-9(10)13-8/h2-3,6-7,11-12H,4-5H2,1H3. The van der Waals surface area contributed by atoms with Crippen LogP contribution in [0.4, 0.5) is 0 Å². The van der Waals surface area contributed by atoms with Crippen molar-refractivity contribution in [1.29, 1.82) is 0 Å². The molecule has 2 nitrogen and oxygen atoms in total. The lowest BCUT2D eigenvalue weighted by molar-refractivity contribution is 0.0838. The highest BCUT2D eigenvalue weighted by Crippen LogP contribution is 2.30. The van der Waals surface area contributed by atoms with Crippen molar-refractivity contribution < 1.29 is 10.2 Å². The third-order valence-corrected chi connectivity index (χ3v) is 3.77.